The summed E-state index contributed by atoms with van der Waals surface area (Å²) in [5, 5.41) is 15.2. The first-order chi connectivity index (χ1) is 22.9. The van der Waals surface area contributed by atoms with Crippen molar-refractivity contribution in [2.24, 2.45) is 11.3 Å². The number of carbonyl (C=O) groups is 4. The van der Waals surface area contributed by atoms with E-state index in [0.29, 0.717) is 31.6 Å². The number of benzene rings is 2. The fraction of sp³-hybridized carbons (Fsp3) is 0.568. The van der Waals surface area contributed by atoms with E-state index in [9.17, 15) is 19.2 Å². The quantitative estimate of drug-likeness (QED) is 0.216. The molecule has 5 rings (SSSR count). The Morgan fingerprint density at radius 3 is 2.27 bits per heavy atom. The molecule has 5 N–H and O–H groups in total. The summed E-state index contributed by atoms with van der Waals surface area (Å²) in [5.74, 6) is -0.363. The highest BCUT2D eigenvalue weighted by atomic mass is 16.6. The molecule has 11 heteroatoms. The van der Waals surface area contributed by atoms with Gasteiger partial charge in [-0.3, -0.25) is 9.59 Å². The predicted octanol–water partition coefficient (Wildman–Crippen LogP) is 4.98. The molecule has 4 amide bonds. The molecule has 0 saturated heterocycles. The lowest BCUT2D eigenvalue weighted by Gasteiger charge is -2.31. The van der Waals surface area contributed by atoms with E-state index < -0.39 is 29.4 Å². The third-order valence-corrected chi connectivity index (χ3v) is 9.78. The van der Waals surface area contributed by atoms with Gasteiger partial charge in [0.2, 0.25) is 11.8 Å². The number of fused-ring (bicyclic) bond motifs is 1. The Bertz CT molecular complexity index is 1460. The van der Waals surface area contributed by atoms with Crippen LogP contribution in [0.25, 0.3) is 0 Å². The van der Waals surface area contributed by atoms with Crippen molar-refractivity contribution in [3.05, 3.63) is 65.2 Å². The summed E-state index contributed by atoms with van der Waals surface area (Å²) in [4.78, 5) is 52.2. The lowest BCUT2D eigenvalue weighted by atomic mass is 9.83. The normalized spacial score (nSPS) is 20.5. The zero-order valence-corrected chi connectivity index (χ0v) is 28.7. The van der Waals surface area contributed by atoms with Gasteiger partial charge in [-0.2, -0.15) is 0 Å². The molecule has 0 spiro atoms. The van der Waals surface area contributed by atoms with Crippen LogP contribution >= 0.6 is 0 Å². The molecule has 260 valence electrons. The van der Waals surface area contributed by atoms with Crippen LogP contribution in [0.4, 0.5) is 15.3 Å². The molecular formula is C37H51N5O6. The van der Waals surface area contributed by atoms with Crippen LogP contribution in [0.2, 0.25) is 0 Å². The Morgan fingerprint density at radius 1 is 0.896 bits per heavy atom. The minimum absolute atomic E-state index is 0.0158. The minimum Gasteiger partial charge on any atom is -0.445 e. The van der Waals surface area contributed by atoms with Crippen molar-refractivity contribution in [3.8, 4) is 0 Å². The van der Waals surface area contributed by atoms with Gasteiger partial charge in [0.15, 0.2) is 0 Å². The number of alkyl carbamates (subject to hydrolysis) is 2. The summed E-state index contributed by atoms with van der Waals surface area (Å²) < 4.78 is 10.9. The van der Waals surface area contributed by atoms with Gasteiger partial charge in [-0.1, -0.05) is 55.7 Å². The molecule has 2 atom stereocenters. The first-order valence-corrected chi connectivity index (χ1v) is 17.2. The first-order valence-electron chi connectivity index (χ1n) is 17.2. The third-order valence-electron chi connectivity index (χ3n) is 9.78. The molecule has 2 aromatic carbocycles. The number of hydrogen-bond donors (Lipinski definition) is 5. The summed E-state index contributed by atoms with van der Waals surface area (Å²) in [6.07, 6.45) is 6.66. The average molecular weight is 662 g/mol. The van der Waals surface area contributed by atoms with Gasteiger partial charge in [0.05, 0.1) is 0 Å². The molecule has 0 aliphatic heterocycles. The summed E-state index contributed by atoms with van der Waals surface area (Å²) >= 11 is 0. The molecular weight excluding hydrogens is 610 g/mol. The number of amides is 4. The van der Waals surface area contributed by atoms with Crippen molar-refractivity contribution in [2.75, 3.05) is 25.5 Å². The SMILES string of the molecule is CNC(=O)C1(NCC2(CNC(=O)OC(C)(C)C)CC2)Cc2ccc(NC(=O)[C@@H](NC(=O)OCc3ccccc3)C3CCCCC3)cc2C1. The maximum atomic E-state index is 13.7. The van der Waals surface area contributed by atoms with Gasteiger partial charge in [0.25, 0.3) is 0 Å². The van der Waals surface area contributed by atoms with E-state index in [4.69, 9.17) is 9.47 Å². The summed E-state index contributed by atoms with van der Waals surface area (Å²) in [7, 11) is 1.64. The molecule has 48 heavy (non-hydrogen) atoms. The highest BCUT2D eigenvalue weighted by Gasteiger charge is 2.49. The molecule has 0 radical (unpaired) electrons. The molecule has 1 unspecified atom stereocenters. The number of rotatable bonds is 12. The van der Waals surface area contributed by atoms with E-state index in [1.165, 1.54) is 0 Å². The highest BCUT2D eigenvalue weighted by Crippen LogP contribution is 2.45. The lowest BCUT2D eigenvalue weighted by Crippen LogP contribution is -2.59. The second-order valence-electron chi connectivity index (χ2n) is 14.8. The zero-order valence-electron chi connectivity index (χ0n) is 28.7. The molecule has 2 fully saturated rings. The van der Waals surface area contributed by atoms with Crippen molar-refractivity contribution in [1.29, 1.82) is 0 Å². The summed E-state index contributed by atoms with van der Waals surface area (Å²) in [6.45, 7) is 6.66. The second kappa shape index (κ2) is 15.0. The van der Waals surface area contributed by atoms with Crippen molar-refractivity contribution < 1.29 is 28.7 Å². The number of anilines is 1. The fourth-order valence-corrected chi connectivity index (χ4v) is 6.86. The average Bonchev–Trinajstić information content (AvgIpc) is 3.75. The van der Waals surface area contributed by atoms with Crippen molar-refractivity contribution in [2.45, 2.75) is 102 Å². The molecule has 11 nitrogen and oxygen atoms in total. The van der Waals surface area contributed by atoms with Crippen LogP contribution in [0, 0.1) is 11.3 Å². The standard InChI is InChI=1S/C37H51N5O6/c1-35(2,3)48-33(45)39-23-36(17-18-36)24-40-37(32(44)38-4)20-27-15-16-29(19-28(27)21-37)41-31(43)30(26-13-9-6-10-14-26)42-34(46)47-22-25-11-7-5-8-12-25/h5,7-8,11-12,15-16,19,26,30,40H,6,9-10,13-14,17-18,20-24H2,1-4H3,(H,38,44)(H,39,45)(H,41,43)(H,42,46)/t30-,37?/m0/s1. The van der Waals surface area contributed by atoms with E-state index in [0.717, 1.165) is 61.6 Å². The smallest absolute Gasteiger partial charge is 0.408 e. The summed E-state index contributed by atoms with van der Waals surface area (Å²) in [5.41, 5.74) is 1.95. The largest absolute Gasteiger partial charge is 0.445 e. The van der Waals surface area contributed by atoms with Crippen molar-refractivity contribution >= 4 is 29.7 Å². The van der Waals surface area contributed by atoms with E-state index in [1.807, 2.05) is 69.3 Å². The summed E-state index contributed by atoms with van der Waals surface area (Å²) in [6, 6.07) is 14.5. The lowest BCUT2D eigenvalue weighted by molar-refractivity contribution is -0.127. The van der Waals surface area contributed by atoms with Gasteiger partial charge in [0, 0.05) is 44.1 Å². The van der Waals surface area contributed by atoms with Crippen LogP contribution in [0.5, 0.6) is 0 Å². The molecule has 3 aliphatic rings. The maximum Gasteiger partial charge on any atom is 0.408 e. The zero-order chi connectivity index (χ0) is 34.4. The van der Waals surface area contributed by atoms with E-state index in [2.05, 4.69) is 26.6 Å². The Balaban J connectivity index is 1.22. The molecule has 0 bridgehead atoms. The van der Waals surface area contributed by atoms with Gasteiger partial charge < -0.3 is 36.1 Å². The van der Waals surface area contributed by atoms with Crippen molar-refractivity contribution in [3.63, 3.8) is 0 Å². The van der Waals surface area contributed by atoms with Gasteiger partial charge in [-0.15, -0.1) is 0 Å². The van der Waals surface area contributed by atoms with Crippen LogP contribution in [-0.2, 0) is 38.5 Å². The van der Waals surface area contributed by atoms with Crippen LogP contribution in [0.1, 0.15) is 82.4 Å². The van der Waals surface area contributed by atoms with E-state index in [1.54, 1.807) is 7.05 Å². The number of nitrogens with one attached hydrogen (secondary N) is 5. The number of likely N-dealkylation sites (N-methyl/N-ethyl adjacent to an activating group) is 1. The first kappa shape index (κ1) is 35.2. The second-order valence-corrected chi connectivity index (χ2v) is 14.8. The molecule has 2 aromatic rings. The number of carbonyl (C=O) groups excluding carboxylic acids is 4. The number of ether oxygens (including phenoxy) is 2. The fourth-order valence-electron chi connectivity index (χ4n) is 6.86. The molecule has 0 aromatic heterocycles. The molecule has 2 saturated carbocycles. The topological polar surface area (TPSA) is 147 Å². The van der Waals surface area contributed by atoms with Crippen LogP contribution in [0.15, 0.2) is 48.5 Å². The Morgan fingerprint density at radius 2 is 1.60 bits per heavy atom. The minimum atomic E-state index is -0.851. The molecule has 3 aliphatic carbocycles. The van der Waals surface area contributed by atoms with Crippen LogP contribution in [0.3, 0.4) is 0 Å². The van der Waals surface area contributed by atoms with Gasteiger partial charge in [0.1, 0.15) is 23.8 Å². The third kappa shape index (κ3) is 9.27. The Labute approximate surface area is 283 Å². The van der Waals surface area contributed by atoms with E-state index in [-0.39, 0.29) is 29.8 Å². The number of hydrogen-bond acceptors (Lipinski definition) is 7. The van der Waals surface area contributed by atoms with E-state index >= 15 is 0 Å². The maximum absolute atomic E-state index is 13.7. The van der Waals surface area contributed by atoms with Crippen molar-refractivity contribution in [1.82, 2.24) is 21.3 Å². The van der Waals surface area contributed by atoms with Gasteiger partial charge in [-0.05, 0) is 81.2 Å². The molecule has 0 heterocycles. The Hall–Kier alpha value is -4.12. The highest BCUT2D eigenvalue weighted by molar-refractivity contribution is 5.97. The van der Waals surface area contributed by atoms with Crippen LogP contribution < -0.4 is 26.6 Å². The van der Waals surface area contributed by atoms with Gasteiger partial charge in [-0.25, -0.2) is 9.59 Å². The predicted molar refractivity (Wildman–Crippen MR) is 183 cm³/mol. The Kier molecular flexibility index (Phi) is 11.0. The van der Waals surface area contributed by atoms with Crippen LogP contribution in [-0.4, -0.2) is 61.3 Å². The van der Waals surface area contributed by atoms with Gasteiger partial charge >= 0.3 is 12.2 Å². The monoisotopic (exact) mass is 661 g/mol.